The van der Waals surface area contributed by atoms with Crippen LogP contribution in [0.25, 0.3) is 11.3 Å². The molecule has 5 rings (SSSR count). The van der Waals surface area contributed by atoms with Gasteiger partial charge in [0, 0.05) is 63.5 Å². The number of piperazine rings is 1. The number of amides is 2. The van der Waals surface area contributed by atoms with Crippen molar-refractivity contribution in [3.05, 3.63) is 93.4 Å². The second-order valence-electron chi connectivity index (χ2n) is 13.2. The minimum absolute atomic E-state index is 0.0226. The van der Waals surface area contributed by atoms with Gasteiger partial charge in [0.15, 0.2) is 10.6 Å². The molecule has 1 saturated heterocycles. The van der Waals surface area contributed by atoms with Crippen LogP contribution in [0, 0.1) is 10.1 Å². The molecule has 0 aliphatic carbocycles. The number of nitro groups is 1. The van der Waals surface area contributed by atoms with Crippen molar-refractivity contribution in [3.8, 4) is 23.0 Å². The van der Waals surface area contributed by atoms with Gasteiger partial charge in [0.25, 0.3) is 11.6 Å². The van der Waals surface area contributed by atoms with Crippen molar-refractivity contribution in [3.63, 3.8) is 0 Å². The van der Waals surface area contributed by atoms with E-state index in [1.807, 2.05) is 11.8 Å². The first-order chi connectivity index (χ1) is 28.1. The number of anilines is 1. The Balaban J connectivity index is 1.50. The van der Waals surface area contributed by atoms with Crippen LogP contribution >= 0.6 is 0 Å². The number of sulfonamides is 1. The average molecular weight is 845 g/mol. The molecular weight excluding hydrogens is 802 g/mol. The summed E-state index contributed by atoms with van der Waals surface area (Å²) in [5.74, 6) is -0.775. The number of rotatable bonds is 17. The van der Waals surface area contributed by atoms with E-state index in [9.17, 15) is 41.3 Å². The fourth-order valence-electron chi connectivity index (χ4n) is 6.61. The lowest BCUT2D eigenvalue weighted by atomic mass is 10.0. The van der Waals surface area contributed by atoms with Gasteiger partial charge in [-0.25, -0.2) is 27.9 Å². The number of nitro benzene ring substituents is 1. The summed E-state index contributed by atoms with van der Waals surface area (Å²) >= 11 is 0. The monoisotopic (exact) mass is 844 g/mol. The second kappa shape index (κ2) is 19.1. The minimum Gasteiger partial charge on any atom is -0.478 e. The molecule has 59 heavy (non-hydrogen) atoms. The molecule has 4 heterocycles. The van der Waals surface area contributed by atoms with E-state index in [4.69, 9.17) is 19.6 Å². The Labute approximate surface area is 337 Å². The Morgan fingerprint density at radius 3 is 2.46 bits per heavy atom. The SMILES string of the molecule is CCOc1ccc(C(=O)N2CCN(c3ccc(-c4cccnc4OCC)nc3Cc3ccc(S(=O)(=O)NCCCNC(=O)O)c([N+](=O)[O-])c3)[C@H](CC)C2)c(C(F)(F)F)n1. The van der Waals surface area contributed by atoms with Crippen molar-refractivity contribution >= 4 is 33.4 Å². The molecule has 4 aromatic rings. The van der Waals surface area contributed by atoms with Gasteiger partial charge >= 0.3 is 12.3 Å². The second-order valence-corrected chi connectivity index (χ2v) is 14.9. The lowest BCUT2D eigenvalue weighted by Crippen LogP contribution is -2.55. The third-order valence-electron chi connectivity index (χ3n) is 9.29. The van der Waals surface area contributed by atoms with Crippen LogP contribution in [0.2, 0.25) is 0 Å². The van der Waals surface area contributed by atoms with Crippen molar-refractivity contribution in [1.29, 1.82) is 0 Å². The molecule has 1 aliphatic heterocycles. The van der Waals surface area contributed by atoms with E-state index in [0.717, 1.165) is 18.2 Å². The normalized spacial score (nSPS) is 14.5. The number of hydrogen-bond donors (Lipinski definition) is 3. The number of carboxylic acid groups (broad SMARTS) is 1. The number of pyridine rings is 3. The highest BCUT2D eigenvalue weighted by Crippen LogP contribution is 2.36. The van der Waals surface area contributed by atoms with E-state index in [-0.39, 0.29) is 58.1 Å². The molecule has 316 valence electrons. The maximum absolute atomic E-state index is 14.1. The highest BCUT2D eigenvalue weighted by atomic mass is 32.2. The molecular formula is C38H43F3N8O9S. The van der Waals surface area contributed by atoms with E-state index in [1.54, 1.807) is 44.3 Å². The Morgan fingerprint density at radius 1 is 1.02 bits per heavy atom. The number of carbonyl (C=O) groups is 2. The van der Waals surface area contributed by atoms with Crippen LogP contribution in [0.4, 0.5) is 29.3 Å². The van der Waals surface area contributed by atoms with E-state index in [0.29, 0.717) is 47.1 Å². The largest absolute Gasteiger partial charge is 0.478 e. The maximum atomic E-state index is 14.1. The van der Waals surface area contributed by atoms with Crippen LogP contribution in [0.15, 0.2) is 65.7 Å². The summed E-state index contributed by atoms with van der Waals surface area (Å²) in [5, 5.41) is 23.1. The molecule has 0 bridgehead atoms. The van der Waals surface area contributed by atoms with E-state index >= 15 is 0 Å². The topological polar surface area (TPSA) is 219 Å². The van der Waals surface area contributed by atoms with Crippen LogP contribution in [0.5, 0.6) is 11.8 Å². The van der Waals surface area contributed by atoms with Gasteiger partial charge in [0.1, 0.15) is 0 Å². The van der Waals surface area contributed by atoms with Gasteiger partial charge in [-0.15, -0.1) is 0 Å². The highest BCUT2D eigenvalue weighted by molar-refractivity contribution is 7.89. The molecule has 1 atom stereocenters. The van der Waals surface area contributed by atoms with E-state index < -0.39 is 61.0 Å². The molecule has 2 amide bonds. The van der Waals surface area contributed by atoms with Crippen LogP contribution in [0.1, 0.15) is 60.9 Å². The fraction of sp³-hybridized carbons (Fsp3) is 0.395. The molecule has 1 aliphatic rings. The fourth-order valence-corrected chi connectivity index (χ4v) is 7.84. The number of hydrogen-bond acceptors (Lipinski definition) is 12. The lowest BCUT2D eigenvalue weighted by molar-refractivity contribution is -0.387. The molecule has 0 radical (unpaired) electrons. The van der Waals surface area contributed by atoms with Crippen LogP contribution in [-0.4, -0.2) is 102 Å². The molecule has 0 spiro atoms. The Kier molecular flexibility index (Phi) is 14.3. The lowest BCUT2D eigenvalue weighted by Gasteiger charge is -2.43. The van der Waals surface area contributed by atoms with Gasteiger partial charge in [0.05, 0.1) is 46.3 Å². The van der Waals surface area contributed by atoms with Gasteiger partial charge in [-0.1, -0.05) is 13.0 Å². The smallest absolute Gasteiger partial charge is 0.434 e. The first-order valence-electron chi connectivity index (χ1n) is 18.7. The van der Waals surface area contributed by atoms with Crippen LogP contribution in [0.3, 0.4) is 0 Å². The van der Waals surface area contributed by atoms with E-state index in [1.165, 1.54) is 17.0 Å². The maximum Gasteiger partial charge on any atom is 0.434 e. The van der Waals surface area contributed by atoms with Crippen molar-refractivity contribution < 1.29 is 50.7 Å². The van der Waals surface area contributed by atoms with Crippen molar-refractivity contribution in [2.24, 2.45) is 0 Å². The van der Waals surface area contributed by atoms with Gasteiger partial charge in [-0.3, -0.25) is 19.9 Å². The highest BCUT2D eigenvalue weighted by Gasteiger charge is 2.40. The summed E-state index contributed by atoms with van der Waals surface area (Å²) in [6.45, 7) is 5.73. The zero-order valence-corrected chi connectivity index (χ0v) is 33.2. The Bertz CT molecular complexity index is 2280. The molecule has 0 unspecified atom stereocenters. The molecule has 1 fully saturated rings. The standard InChI is InChI=1S/C38H43F3N8O9S/c1-4-25-23-47(36(50)27-11-15-33(57-5-2)46-34(27)38(39,40)41)19-20-48(25)30-13-12-28(26-9-7-16-42-35(26)58-6-3)45-29(30)21-24-10-14-32(31(22-24)49(53)54)59(55,56)44-18-8-17-43-37(51)52/h7,9-16,22,25,43-44H,4-6,8,17-21,23H2,1-3H3,(H,51,52)/t25-/m1/s1. The van der Waals surface area contributed by atoms with Crippen molar-refractivity contribution in [2.75, 3.05) is 50.8 Å². The predicted octanol–water partition coefficient (Wildman–Crippen LogP) is 5.53. The zero-order chi connectivity index (χ0) is 42.9. The summed E-state index contributed by atoms with van der Waals surface area (Å²) in [4.78, 5) is 51.5. The van der Waals surface area contributed by atoms with Crippen molar-refractivity contribution in [2.45, 2.75) is 57.1 Å². The van der Waals surface area contributed by atoms with Crippen LogP contribution in [-0.2, 0) is 22.6 Å². The van der Waals surface area contributed by atoms with Gasteiger partial charge in [0.2, 0.25) is 21.8 Å². The summed E-state index contributed by atoms with van der Waals surface area (Å²) in [6.07, 6.45) is -4.09. The number of nitrogens with one attached hydrogen (secondary N) is 2. The first-order valence-corrected chi connectivity index (χ1v) is 20.1. The van der Waals surface area contributed by atoms with Gasteiger partial charge in [-0.2, -0.15) is 13.2 Å². The number of alkyl halides is 3. The summed E-state index contributed by atoms with van der Waals surface area (Å²) < 4.78 is 81.8. The molecule has 3 N–H and O–H groups in total. The summed E-state index contributed by atoms with van der Waals surface area (Å²) in [7, 11) is -4.38. The third-order valence-corrected chi connectivity index (χ3v) is 10.8. The Morgan fingerprint density at radius 2 is 1.78 bits per heavy atom. The molecule has 17 nitrogen and oxygen atoms in total. The molecule has 1 aromatic carbocycles. The quantitative estimate of drug-likeness (QED) is 0.0677. The van der Waals surface area contributed by atoms with E-state index in [2.05, 4.69) is 20.0 Å². The molecule has 21 heteroatoms. The Hall–Kier alpha value is -6.09. The van der Waals surface area contributed by atoms with Gasteiger partial charge < -0.3 is 29.7 Å². The number of carbonyl (C=O) groups excluding carboxylic acids is 1. The van der Waals surface area contributed by atoms with Gasteiger partial charge in [-0.05, 0) is 68.7 Å². The number of ether oxygens (including phenoxy) is 2. The minimum atomic E-state index is -4.92. The number of aromatic nitrogens is 3. The number of halogens is 3. The summed E-state index contributed by atoms with van der Waals surface area (Å²) in [5.41, 5.74) is -0.262. The molecule has 0 saturated carbocycles. The zero-order valence-electron chi connectivity index (χ0n) is 32.4. The van der Waals surface area contributed by atoms with Crippen molar-refractivity contribution in [1.82, 2.24) is 29.9 Å². The number of benzene rings is 1. The summed E-state index contributed by atoms with van der Waals surface area (Å²) in [6, 6.07) is 12.6. The molecule has 3 aromatic heterocycles. The number of nitrogens with zero attached hydrogens (tertiary/aromatic N) is 6. The van der Waals surface area contributed by atoms with Crippen LogP contribution < -0.4 is 24.4 Å². The first kappa shape index (κ1) is 44.0. The third kappa shape index (κ3) is 10.7. The average Bonchev–Trinajstić information content (AvgIpc) is 3.20. The predicted molar refractivity (Wildman–Crippen MR) is 208 cm³/mol.